The fourth-order valence-electron chi connectivity index (χ4n) is 3.85. The summed E-state index contributed by atoms with van der Waals surface area (Å²) < 4.78 is 16.7. The van der Waals surface area contributed by atoms with Crippen LogP contribution in [0.5, 0.6) is 11.5 Å². The quantitative estimate of drug-likeness (QED) is 0.691. The molecule has 1 aromatic heterocycles. The number of methoxy groups -OCH3 is 2. The third-order valence-electron chi connectivity index (χ3n) is 5.41. The van der Waals surface area contributed by atoms with Gasteiger partial charge in [0.05, 0.1) is 26.8 Å². The summed E-state index contributed by atoms with van der Waals surface area (Å²) in [5, 5.41) is 4.09. The number of furan rings is 1. The maximum absolute atomic E-state index is 12.6. The first-order valence-corrected chi connectivity index (χ1v) is 9.81. The second-order valence-corrected chi connectivity index (χ2v) is 7.41. The molecule has 2 aromatic carbocycles. The summed E-state index contributed by atoms with van der Waals surface area (Å²) in [4.78, 5) is 14.8. The highest BCUT2D eigenvalue weighted by Crippen LogP contribution is 2.33. The summed E-state index contributed by atoms with van der Waals surface area (Å²) in [5.74, 6) is 2.22. The minimum absolute atomic E-state index is 0.0121. The number of para-hydroxylation sites is 1. The number of nitrogens with zero attached hydrogens (tertiary/aromatic N) is 1. The van der Waals surface area contributed by atoms with Crippen molar-refractivity contribution in [2.24, 2.45) is 0 Å². The number of hydrogen-bond acceptors (Lipinski definition) is 5. The number of benzene rings is 2. The van der Waals surface area contributed by atoms with E-state index in [4.69, 9.17) is 13.9 Å². The molecule has 0 fully saturated rings. The Balaban J connectivity index is 1.39. The molecule has 29 heavy (non-hydrogen) atoms. The molecule has 0 saturated carbocycles. The zero-order chi connectivity index (χ0) is 20.4. The number of fused-ring (bicyclic) bond motifs is 2. The first-order valence-electron chi connectivity index (χ1n) is 9.81. The van der Waals surface area contributed by atoms with Crippen LogP contribution in [0.4, 0.5) is 0 Å². The van der Waals surface area contributed by atoms with Crippen LogP contribution in [0.15, 0.2) is 46.9 Å². The molecular formula is C23H26N2O4. The van der Waals surface area contributed by atoms with Gasteiger partial charge in [0.2, 0.25) is 5.91 Å². The highest BCUT2D eigenvalue weighted by Gasteiger charge is 2.22. The minimum Gasteiger partial charge on any atom is -0.493 e. The van der Waals surface area contributed by atoms with Gasteiger partial charge < -0.3 is 19.2 Å². The molecule has 2 heterocycles. The van der Waals surface area contributed by atoms with Crippen LogP contribution >= 0.6 is 0 Å². The average molecular weight is 394 g/mol. The van der Waals surface area contributed by atoms with E-state index in [2.05, 4.69) is 10.2 Å². The summed E-state index contributed by atoms with van der Waals surface area (Å²) in [6.07, 6.45) is 0.877. The first-order chi connectivity index (χ1) is 14.1. The van der Waals surface area contributed by atoms with E-state index < -0.39 is 0 Å². The maximum atomic E-state index is 12.6. The molecule has 0 saturated heterocycles. The van der Waals surface area contributed by atoms with Gasteiger partial charge in [-0.05, 0) is 48.7 Å². The maximum Gasteiger partial charge on any atom is 0.234 e. The zero-order valence-corrected chi connectivity index (χ0v) is 17.0. The second kappa shape index (κ2) is 8.17. The lowest BCUT2D eigenvalue weighted by Gasteiger charge is -2.29. The number of rotatable bonds is 6. The van der Waals surface area contributed by atoms with Crippen LogP contribution in [0.2, 0.25) is 0 Å². The van der Waals surface area contributed by atoms with Gasteiger partial charge in [-0.3, -0.25) is 9.69 Å². The lowest BCUT2D eigenvalue weighted by atomic mass is 9.99. The molecule has 1 atom stereocenters. The van der Waals surface area contributed by atoms with Crippen LogP contribution in [0, 0.1) is 0 Å². The number of carbonyl (C=O) groups is 1. The van der Waals surface area contributed by atoms with Crippen molar-refractivity contribution in [1.82, 2.24) is 10.2 Å². The third kappa shape index (κ3) is 4.07. The Labute approximate surface area is 170 Å². The van der Waals surface area contributed by atoms with Gasteiger partial charge in [0.1, 0.15) is 11.3 Å². The molecule has 1 amide bonds. The molecule has 1 aliphatic rings. The highest BCUT2D eigenvalue weighted by molar-refractivity contribution is 5.80. The standard InChI is InChI=1S/C23H26N2O4/c1-15(20-11-17-6-4-5-7-19(17)29-20)24-23(26)14-25-9-8-16-10-21(27-2)22(28-3)12-18(16)13-25/h4-7,10-12,15H,8-9,13-14H2,1-3H3,(H,24,26)/t15-/m1/s1. The van der Waals surface area contributed by atoms with Crippen LogP contribution < -0.4 is 14.8 Å². The van der Waals surface area contributed by atoms with Gasteiger partial charge in [-0.2, -0.15) is 0 Å². The summed E-state index contributed by atoms with van der Waals surface area (Å²) >= 11 is 0. The van der Waals surface area contributed by atoms with Gasteiger partial charge in [-0.1, -0.05) is 18.2 Å². The van der Waals surface area contributed by atoms with Crippen molar-refractivity contribution >= 4 is 16.9 Å². The number of nitrogens with one attached hydrogen (secondary N) is 1. The summed E-state index contributed by atoms with van der Waals surface area (Å²) in [5.41, 5.74) is 3.25. The fraction of sp³-hybridized carbons (Fsp3) is 0.348. The largest absolute Gasteiger partial charge is 0.493 e. The van der Waals surface area contributed by atoms with Crippen LogP contribution in [0.25, 0.3) is 11.0 Å². The Kier molecular flexibility index (Phi) is 5.45. The number of amides is 1. The molecule has 0 unspecified atom stereocenters. The molecule has 0 aliphatic carbocycles. The van der Waals surface area contributed by atoms with E-state index in [1.165, 1.54) is 11.1 Å². The van der Waals surface area contributed by atoms with E-state index in [-0.39, 0.29) is 11.9 Å². The SMILES string of the molecule is COc1cc2c(cc1OC)CN(CC(=O)N[C@H](C)c1cc3ccccc3o1)CC2. The van der Waals surface area contributed by atoms with Crippen molar-refractivity contribution in [3.05, 3.63) is 59.4 Å². The van der Waals surface area contributed by atoms with Crippen molar-refractivity contribution in [3.63, 3.8) is 0 Å². The molecule has 1 N–H and O–H groups in total. The molecule has 152 valence electrons. The van der Waals surface area contributed by atoms with Crippen LogP contribution in [-0.2, 0) is 17.8 Å². The topological polar surface area (TPSA) is 63.9 Å². The first kappa shape index (κ1) is 19.3. The van der Waals surface area contributed by atoms with Gasteiger partial charge in [0.25, 0.3) is 0 Å². The van der Waals surface area contributed by atoms with Crippen molar-refractivity contribution in [2.45, 2.75) is 25.9 Å². The van der Waals surface area contributed by atoms with E-state index in [0.29, 0.717) is 13.1 Å². The predicted octanol–water partition coefficient (Wildman–Crippen LogP) is 3.69. The van der Waals surface area contributed by atoms with Gasteiger partial charge in [-0.25, -0.2) is 0 Å². The average Bonchev–Trinajstić information content (AvgIpc) is 3.17. The summed E-state index contributed by atoms with van der Waals surface area (Å²) in [6, 6.07) is 13.7. The molecule has 1 aliphatic heterocycles. The minimum atomic E-state index is -0.184. The summed E-state index contributed by atoms with van der Waals surface area (Å²) in [7, 11) is 3.28. The molecule has 0 spiro atoms. The molecule has 4 rings (SSSR count). The number of carbonyl (C=O) groups excluding carboxylic acids is 1. The van der Waals surface area contributed by atoms with E-state index in [0.717, 1.165) is 41.2 Å². The lowest BCUT2D eigenvalue weighted by molar-refractivity contribution is -0.123. The second-order valence-electron chi connectivity index (χ2n) is 7.41. The molecule has 0 radical (unpaired) electrons. The van der Waals surface area contributed by atoms with E-state index in [9.17, 15) is 4.79 Å². The lowest BCUT2D eigenvalue weighted by Crippen LogP contribution is -2.40. The Morgan fingerprint density at radius 1 is 1.14 bits per heavy atom. The zero-order valence-electron chi connectivity index (χ0n) is 17.0. The van der Waals surface area contributed by atoms with Gasteiger partial charge in [0.15, 0.2) is 11.5 Å². The Morgan fingerprint density at radius 2 is 1.86 bits per heavy atom. The van der Waals surface area contributed by atoms with E-state index in [1.54, 1.807) is 14.2 Å². The van der Waals surface area contributed by atoms with E-state index in [1.807, 2.05) is 49.4 Å². The Hall–Kier alpha value is -2.99. The number of ether oxygens (including phenoxy) is 2. The molecule has 6 heteroatoms. The van der Waals surface area contributed by atoms with Crippen molar-refractivity contribution < 1.29 is 18.7 Å². The number of hydrogen-bond donors (Lipinski definition) is 1. The monoisotopic (exact) mass is 394 g/mol. The van der Waals surface area contributed by atoms with Crippen LogP contribution in [0.1, 0.15) is 29.9 Å². The molecule has 0 bridgehead atoms. The van der Waals surface area contributed by atoms with Gasteiger partial charge >= 0.3 is 0 Å². The van der Waals surface area contributed by atoms with Crippen molar-refractivity contribution in [3.8, 4) is 11.5 Å². The fourth-order valence-corrected chi connectivity index (χ4v) is 3.85. The normalized spacial score (nSPS) is 15.0. The van der Waals surface area contributed by atoms with Gasteiger partial charge in [0, 0.05) is 18.5 Å². The van der Waals surface area contributed by atoms with Gasteiger partial charge in [-0.15, -0.1) is 0 Å². The third-order valence-corrected chi connectivity index (χ3v) is 5.41. The predicted molar refractivity (Wildman–Crippen MR) is 111 cm³/mol. The van der Waals surface area contributed by atoms with Crippen molar-refractivity contribution in [1.29, 1.82) is 0 Å². The van der Waals surface area contributed by atoms with Crippen molar-refractivity contribution in [2.75, 3.05) is 27.3 Å². The molecular weight excluding hydrogens is 368 g/mol. The molecule has 6 nitrogen and oxygen atoms in total. The molecule has 3 aromatic rings. The van der Waals surface area contributed by atoms with E-state index >= 15 is 0 Å². The van der Waals surface area contributed by atoms with Crippen LogP contribution in [0.3, 0.4) is 0 Å². The summed E-state index contributed by atoms with van der Waals surface area (Å²) in [6.45, 7) is 3.83. The highest BCUT2D eigenvalue weighted by atomic mass is 16.5. The van der Waals surface area contributed by atoms with Crippen LogP contribution in [-0.4, -0.2) is 38.1 Å². The smallest absolute Gasteiger partial charge is 0.234 e. The Morgan fingerprint density at radius 3 is 2.59 bits per heavy atom. The Bertz CT molecular complexity index is 994.